The molecule has 0 rings (SSSR count). The van der Waals surface area contributed by atoms with Crippen molar-refractivity contribution in [1.82, 2.24) is 0 Å². The number of hydrogen-bond donors (Lipinski definition) is 1. The predicted octanol–water partition coefficient (Wildman–Crippen LogP) is 1.03. The second-order valence-electron chi connectivity index (χ2n) is 0.189. The monoisotopic (exact) mass is 138 g/mol. The van der Waals surface area contributed by atoms with Crippen molar-refractivity contribution in [2.75, 3.05) is 0 Å². The third-order valence-electron chi connectivity index (χ3n) is 0. The van der Waals surface area contributed by atoms with Crippen molar-refractivity contribution in [1.29, 1.82) is 0 Å². The van der Waals surface area contributed by atoms with Crippen molar-refractivity contribution in [3.8, 4) is 0 Å². The number of rotatable bonds is 0. The Balaban J connectivity index is -0.00000000889. The van der Waals surface area contributed by atoms with E-state index in [9.17, 15) is 0 Å². The first kappa shape index (κ1) is 45.3. The fourth-order valence-corrected chi connectivity index (χ4v) is 0. The summed E-state index contributed by atoms with van der Waals surface area (Å²) >= 11 is 0. The van der Waals surface area contributed by atoms with Gasteiger partial charge in [-0.25, -0.2) is 0 Å². The standard InChI is InChI=1S/CH2O2.CO2.3CH4/c2*2-1-3;;;/h1H,(H,2,3);;3*1H4. The van der Waals surface area contributed by atoms with Crippen LogP contribution in [0.1, 0.15) is 22.3 Å². The molecular weight excluding hydrogens is 124 g/mol. The normalized spacial score (nSPS) is 2.22. The number of carbonyl (C=O) groups is 1. The zero-order valence-corrected chi connectivity index (χ0v) is 2.75. The van der Waals surface area contributed by atoms with Gasteiger partial charge in [-0.2, -0.15) is 9.59 Å². The molecule has 0 aliphatic rings. The zero-order chi connectivity index (χ0) is 5.41. The molecule has 1 N–H and O–H groups in total. The molecule has 4 nitrogen and oxygen atoms in total. The Labute approximate surface area is 55.5 Å². The van der Waals surface area contributed by atoms with E-state index in [1.54, 1.807) is 0 Å². The molecule has 0 radical (unpaired) electrons. The van der Waals surface area contributed by atoms with Gasteiger partial charge in [0, 0.05) is 0 Å². The lowest BCUT2D eigenvalue weighted by Crippen LogP contribution is -1.49. The van der Waals surface area contributed by atoms with Crippen LogP contribution >= 0.6 is 0 Å². The first-order valence-corrected chi connectivity index (χ1v) is 0.902. The molecular formula is C5H14O4. The van der Waals surface area contributed by atoms with Crippen molar-refractivity contribution in [2.24, 2.45) is 0 Å². The van der Waals surface area contributed by atoms with Gasteiger partial charge in [0.25, 0.3) is 6.47 Å². The minimum Gasteiger partial charge on any atom is -0.483 e. The summed E-state index contributed by atoms with van der Waals surface area (Å²) in [6, 6.07) is 0. The third kappa shape index (κ3) is 122. The molecule has 58 valence electrons. The highest BCUT2D eigenvalue weighted by atomic mass is 16.3. The van der Waals surface area contributed by atoms with E-state index in [1.807, 2.05) is 0 Å². The van der Waals surface area contributed by atoms with E-state index in [-0.39, 0.29) is 34.9 Å². The van der Waals surface area contributed by atoms with E-state index in [2.05, 4.69) is 0 Å². The van der Waals surface area contributed by atoms with Gasteiger partial charge in [0.1, 0.15) is 0 Å². The zero-order valence-electron chi connectivity index (χ0n) is 2.75. The first-order valence-electron chi connectivity index (χ1n) is 0.902. The van der Waals surface area contributed by atoms with Crippen LogP contribution in [0.5, 0.6) is 0 Å². The Morgan fingerprint density at radius 1 is 1.11 bits per heavy atom. The topological polar surface area (TPSA) is 71.4 Å². The lowest BCUT2D eigenvalue weighted by atomic mass is 11.7. The van der Waals surface area contributed by atoms with Gasteiger partial charge in [-0.3, -0.25) is 4.79 Å². The van der Waals surface area contributed by atoms with Crippen LogP contribution in [0, 0.1) is 0 Å². The van der Waals surface area contributed by atoms with Crippen molar-refractivity contribution in [3.63, 3.8) is 0 Å². The quantitative estimate of drug-likeness (QED) is 0.507. The maximum absolute atomic E-state index is 8.36. The average Bonchev–Trinajstić information content (AvgIpc) is 1.39. The van der Waals surface area contributed by atoms with E-state index in [4.69, 9.17) is 19.5 Å². The van der Waals surface area contributed by atoms with Crippen molar-refractivity contribution < 1.29 is 19.5 Å². The second kappa shape index (κ2) is 324. The molecule has 0 heterocycles. The van der Waals surface area contributed by atoms with Gasteiger partial charge >= 0.3 is 6.15 Å². The van der Waals surface area contributed by atoms with Gasteiger partial charge in [0.05, 0.1) is 0 Å². The van der Waals surface area contributed by atoms with Crippen LogP contribution in [0.25, 0.3) is 0 Å². The van der Waals surface area contributed by atoms with Crippen molar-refractivity contribution in [2.45, 2.75) is 22.3 Å². The molecule has 0 saturated carbocycles. The van der Waals surface area contributed by atoms with Crippen LogP contribution < -0.4 is 0 Å². The molecule has 0 aromatic carbocycles. The minimum atomic E-state index is -0.250. The molecule has 0 aromatic heterocycles. The highest BCUT2D eigenvalue weighted by Crippen LogP contribution is 0.966. The molecule has 0 spiro atoms. The van der Waals surface area contributed by atoms with Gasteiger partial charge in [0.2, 0.25) is 0 Å². The number of hydrogen-bond acceptors (Lipinski definition) is 3. The Kier molecular flexibility index (Phi) is 1630. The summed E-state index contributed by atoms with van der Waals surface area (Å²) in [6.45, 7) is -0.250. The minimum absolute atomic E-state index is 0. The SMILES string of the molecule is C.C.C.O=C=O.O=CO. The summed E-state index contributed by atoms with van der Waals surface area (Å²) in [4.78, 5) is 24.6. The van der Waals surface area contributed by atoms with E-state index >= 15 is 0 Å². The maximum Gasteiger partial charge on any atom is 0.373 e. The average molecular weight is 138 g/mol. The predicted molar refractivity (Wildman–Crippen MR) is 33.9 cm³/mol. The molecule has 9 heavy (non-hydrogen) atoms. The van der Waals surface area contributed by atoms with Crippen LogP contribution in [-0.4, -0.2) is 17.7 Å². The largest absolute Gasteiger partial charge is 0.483 e. The summed E-state index contributed by atoms with van der Waals surface area (Å²) in [5.74, 6) is 0. The van der Waals surface area contributed by atoms with E-state index in [0.29, 0.717) is 0 Å². The number of carbonyl (C=O) groups excluding carboxylic acids is 2. The summed E-state index contributed by atoms with van der Waals surface area (Å²) in [5, 5.41) is 6.89. The van der Waals surface area contributed by atoms with Crippen LogP contribution in [0.2, 0.25) is 0 Å². The molecule has 0 bridgehead atoms. The van der Waals surface area contributed by atoms with E-state index in [1.165, 1.54) is 0 Å². The van der Waals surface area contributed by atoms with Crippen LogP contribution in [0.4, 0.5) is 0 Å². The Morgan fingerprint density at radius 3 is 1.11 bits per heavy atom. The summed E-state index contributed by atoms with van der Waals surface area (Å²) in [5.41, 5.74) is 0. The Bertz CT molecular complexity index is 54.0. The third-order valence-corrected chi connectivity index (χ3v) is 0. The van der Waals surface area contributed by atoms with Crippen molar-refractivity contribution >= 4 is 12.6 Å². The molecule has 0 fully saturated rings. The van der Waals surface area contributed by atoms with Gasteiger partial charge in [0.15, 0.2) is 0 Å². The van der Waals surface area contributed by atoms with Gasteiger partial charge in [-0.05, 0) is 0 Å². The van der Waals surface area contributed by atoms with Crippen LogP contribution in [0.15, 0.2) is 0 Å². The summed E-state index contributed by atoms with van der Waals surface area (Å²) in [6.07, 6.45) is 0.250. The van der Waals surface area contributed by atoms with Crippen LogP contribution in [0.3, 0.4) is 0 Å². The highest BCUT2D eigenvalue weighted by molar-refractivity contribution is 5.32. The van der Waals surface area contributed by atoms with E-state index in [0.717, 1.165) is 0 Å². The molecule has 0 saturated heterocycles. The fourth-order valence-electron chi connectivity index (χ4n) is 0. The molecule has 0 atom stereocenters. The summed E-state index contributed by atoms with van der Waals surface area (Å²) < 4.78 is 0. The second-order valence-corrected chi connectivity index (χ2v) is 0.189. The lowest BCUT2D eigenvalue weighted by molar-refractivity contribution is -0.191. The molecule has 0 amide bonds. The first-order chi connectivity index (χ1) is 2.83. The van der Waals surface area contributed by atoms with Gasteiger partial charge in [-0.15, -0.1) is 0 Å². The highest BCUT2D eigenvalue weighted by Gasteiger charge is 1.22. The summed E-state index contributed by atoms with van der Waals surface area (Å²) in [7, 11) is 0. The van der Waals surface area contributed by atoms with Crippen molar-refractivity contribution in [3.05, 3.63) is 0 Å². The maximum atomic E-state index is 8.36. The smallest absolute Gasteiger partial charge is 0.373 e. The molecule has 4 heteroatoms. The molecule has 0 aromatic rings. The van der Waals surface area contributed by atoms with Crippen LogP contribution in [-0.2, 0) is 14.4 Å². The molecule has 0 aliphatic carbocycles. The molecule has 0 unspecified atom stereocenters. The Hall–Kier alpha value is -1.15. The Morgan fingerprint density at radius 2 is 1.11 bits per heavy atom. The number of carboxylic acid groups (broad SMARTS) is 1. The van der Waals surface area contributed by atoms with Gasteiger partial charge < -0.3 is 5.11 Å². The molecule has 0 aliphatic heterocycles. The lowest BCUT2D eigenvalue weighted by Gasteiger charge is -1.34. The van der Waals surface area contributed by atoms with Gasteiger partial charge in [-0.1, -0.05) is 22.3 Å². The fraction of sp³-hybridized carbons (Fsp3) is 0.600. The van der Waals surface area contributed by atoms with E-state index < -0.39 is 0 Å².